The molecule has 2 aromatic heterocycles. The molecule has 4 bridgehead atoms. The highest BCUT2D eigenvalue weighted by Gasteiger charge is 2.68. The van der Waals surface area contributed by atoms with Gasteiger partial charge in [0.1, 0.15) is 71.1 Å². The second-order valence-electron chi connectivity index (χ2n) is 37.9. The minimum absolute atomic E-state index is 0.0182. The van der Waals surface area contributed by atoms with Crippen molar-refractivity contribution in [3.05, 3.63) is 65.0 Å². The van der Waals surface area contributed by atoms with E-state index >= 15 is 41.5 Å². The van der Waals surface area contributed by atoms with Crippen molar-refractivity contribution in [3.8, 4) is 17.5 Å². The molecule has 0 spiro atoms. The molecule has 4 aliphatic heterocycles. The minimum atomic E-state index is -4.40. The average molecular weight is 1770 g/mol. The van der Waals surface area contributed by atoms with Gasteiger partial charge in [-0.2, -0.15) is 8.78 Å². The summed E-state index contributed by atoms with van der Waals surface area (Å²) < 4.78 is 183. The summed E-state index contributed by atoms with van der Waals surface area (Å²) in [6, 6.07) is 1.06. The molecule has 6 heterocycles. The molecule has 7 aliphatic carbocycles. The summed E-state index contributed by atoms with van der Waals surface area (Å²) in [7, 11) is -7.47. The van der Waals surface area contributed by atoms with Crippen molar-refractivity contribution in [1.29, 1.82) is 0 Å². The Hall–Kier alpha value is -8.61. The zero-order valence-electron chi connectivity index (χ0n) is 69.2. The number of fused-ring (bicyclic) bond motifs is 12. The van der Waals surface area contributed by atoms with E-state index in [2.05, 4.69) is 32.8 Å². The van der Waals surface area contributed by atoms with Crippen LogP contribution in [0.1, 0.15) is 206 Å². The molecule has 6 N–H and O–H groups in total. The van der Waals surface area contributed by atoms with E-state index in [0.717, 1.165) is 35.5 Å². The first kappa shape index (κ1) is 88.3. The van der Waals surface area contributed by atoms with Gasteiger partial charge >= 0.3 is 12.2 Å². The van der Waals surface area contributed by atoms with Crippen molar-refractivity contribution in [3.63, 3.8) is 0 Å². The van der Waals surface area contributed by atoms with Crippen molar-refractivity contribution in [2.75, 3.05) is 20.2 Å². The molecule has 7 saturated carbocycles. The molecule has 666 valence electrons. The van der Waals surface area contributed by atoms with Crippen LogP contribution in [0.4, 0.5) is 35.9 Å². The summed E-state index contributed by atoms with van der Waals surface area (Å²) in [6.07, 6.45) is -5.99. The highest BCUT2D eigenvalue weighted by molar-refractivity contribution is 7.91. The van der Waals surface area contributed by atoms with Gasteiger partial charge in [-0.3, -0.25) is 38.2 Å². The van der Waals surface area contributed by atoms with Crippen molar-refractivity contribution in [1.82, 2.24) is 60.4 Å². The number of aromatic nitrogens is 4. The number of ether oxygens (including phenoxy) is 5. The number of rotatable bonds is 19. The number of alkyl halides is 6. The van der Waals surface area contributed by atoms with Gasteiger partial charge in [-0.25, -0.2) is 63.9 Å². The molecular weight excluding hydrogens is 1660 g/mol. The number of carbonyl (C=O) groups excluding carboxylic acids is 8. The van der Waals surface area contributed by atoms with E-state index in [9.17, 15) is 40.0 Å². The number of nitrogens with zero attached hydrogens (tertiary/aromatic N) is 6. The Labute approximate surface area is 708 Å². The highest BCUT2D eigenvalue weighted by Crippen LogP contribution is 2.59. The first-order valence-corrected chi connectivity index (χ1v) is 46.0. The fourth-order valence-electron chi connectivity index (χ4n) is 19.6. The normalized spacial score (nSPS) is 31.8. The summed E-state index contributed by atoms with van der Waals surface area (Å²) >= 11 is 6.49. The van der Waals surface area contributed by atoms with Crippen LogP contribution in [0.15, 0.2) is 43.0 Å². The maximum Gasteiger partial charge on any atom is 0.408 e. The van der Waals surface area contributed by atoms with Crippen molar-refractivity contribution < 1.29 is 105 Å². The number of hydrogen-bond acceptors (Lipinski definition) is 21. The Kier molecular flexibility index (Phi) is 24.1. The summed E-state index contributed by atoms with van der Waals surface area (Å²) in [5.41, 5.74) is -7.26. The first-order valence-electron chi connectivity index (χ1n) is 42.6. The second-order valence-corrected chi connectivity index (χ2v) is 42.5. The Morgan fingerprint density at radius 2 is 1.29 bits per heavy atom. The fourth-order valence-corrected chi connectivity index (χ4v) is 22.5. The number of benzene rings is 2. The van der Waals surface area contributed by atoms with Crippen LogP contribution in [0.2, 0.25) is 5.02 Å². The lowest BCUT2D eigenvalue weighted by Gasteiger charge is -2.38. The van der Waals surface area contributed by atoms with Crippen LogP contribution in [-0.2, 0) is 77.1 Å². The van der Waals surface area contributed by atoms with Gasteiger partial charge in [0.25, 0.3) is 17.7 Å². The maximum absolute atomic E-state index is 18.0. The Morgan fingerprint density at radius 1 is 0.672 bits per heavy atom. The predicted molar refractivity (Wildman–Crippen MR) is 430 cm³/mol. The van der Waals surface area contributed by atoms with Crippen LogP contribution in [0, 0.1) is 52.3 Å². The second kappa shape index (κ2) is 33.4. The van der Waals surface area contributed by atoms with E-state index in [1.165, 1.54) is 26.2 Å². The van der Waals surface area contributed by atoms with Gasteiger partial charge in [-0.1, -0.05) is 78.0 Å². The largest absolute Gasteiger partial charge is 0.496 e. The molecule has 122 heavy (non-hydrogen) atoms. The molecule has 2 saturated heterocycles. The van der Waals surface area contributed by atoms with Crippen molar-refractivity contribution >= 4 is 101 Å². The number of halogens is 7. The molecular formula is C84H107ClF6N12O17S2. The maximum atomic E-state index is 18.0. The summed E-state index contributed by atoms with van der Waals surface area (Å²) in [6.45, 7) is 12.4. The number of nitrogens with one attached hydrogen (secondary N) is 6. The van der Waals surface area contributed by atoms with Gasteiger partial charge < -0.3 is 54.8 Å². The third-order valence-electron chi connectivity index (χ3n) is 27.3. The highest BCUT2D eigenvalue weighted by atomic mass is 35.5. The van der Waals surface area contributed by atoms with Gasteiger partial charge in [-0.05, 0) is 192 Å². The van der Waals surface area contributed by atoms with E-state index in [-0.39, 0.29) is 103 Å². The number of sulfonamides is 2. The summed E-state index contributed by atoms with van der Waals surface area (Å²) in [5.74, 6) is -14.4. The lowest BCUT2D eigenvalue weighted by Crippen LogP contribution is -2.61. The standard InChI is InChI=1S/C84H107ClF6N12O17S2/c1-9-16-42-27-43-17-12-10-11-13-19-55-71(94-57-33-47(85)20-23-54(57)92-55)117-48-34-60(70(105)99-83(39-53(83)68(88)89)76(109)100-121(112,113)50-21-22-50)103(40-48)74(107)67(97-78(111)119-62(43)28-42)80(5,6)37-45-30-56-58(36-61(45)116-8)95-72-65(93-56)84(90,91)24-15-14-18-51-52-29-44(52)31-63(51)120-77(110)96-66(79(2,3)4)73(106)102-41-49(118-72)35-59(102)69(104)98-82(38-46(82)32-64(86)87)75(108)101-122(114,115)81(7)25-26-81/h9,20,23,30,33,36,42-44,46,48-53,59-60,62-64,66-68H,1,10-19,21-22,24-29,31-32,34-35,37-41H2,2-8H3,(H,96,110)(H,97,111)(H,98,104)(H,99,105)(H,100,109)(H,101,108)/t42-,43-,44?,46-,48-,49-,51-,52+,53+,59+,60+,62-,63-,66-,67-,82-,83-/m1/s1. The summed E-state index contributed by atoms with van der Waals surface area (Å²) in [4.78, 5) is 142. The number of hydrogen-bond donors (Lipinski definition) is 6. The van der Waals surface area contributed by atoms with Gasteiger partial charge in [0.15, 0.2) is 5.69 Å². The molecule has 29 nitrogen and oxygen atoms in total. The van der Waals surface area contributed by atoms with E-state index in [4.69, 9.17) is 50.2 Å². The molecule has 38 heteroatoms. The lowest BCUT2D eigenvalue weighted by atomic mass is 9.77. The average Bonchev–Trinajstić information content (AvgIpc) is 1.61. The van der Waals surface area contributed by atoms with Crippen molar-refractivity contribution in [2.45, 2.75) is 290 Å². The van der Waals surface area contributed by atoms with Gasteiger partial charge in [-0.15, -0.1) is 6.58 Å². The first-order chi connectivity index (χ1) is 57.5. The topological polar surface area (TPSA) is 381 Å². The molecule has 2 aromatic carbocycles. The van der Waals surface area contributed by atoms with Gasteiger partial charge in [0, 0.05) is 36.8 Å². The van der Waals surface area contributed by atoms with Crippen LogP contribution in [0.3, 0.4) is 0 Å². The van der Waals surface area contributed by atoms with Crippen LogP contribution in [0.25, 0.3) is 22.1 Å². The van der Waals surface area contributed by atoms with Crippen LogP contribution in [-0.4, -0.2) is 197 Å². The fraction of sp³-hybridized carbons (Fsp3) is 0.690. The molecule has 17 atom stereocenters. The molecule has 4 aromatic rings. The molecule has 15 rings (SSSR count). The number of carbonyl (C=O) groups is 8. The smallest absolute Gasteiger partial charge is 0.408 e. The molecule has 0 radical (unpaired) electrons. The minimum Gasteiger partial charge on any atom is -0.496 e. The van der Waals surface area contributed by atoms with Crippen LogP contribution >= 0.6 is 11.6 Å². The zero-order chi connectivity index (χ0) is 87.5. The third-order valence-corrected chi connectivity index (χ3v) is 31.5. The molecule has 9 fully saturated rings. The number of aryl methyl sites for hydroxylation is 1. The SMILES string of the molecule is C=CC[C@@H]1C[C@H]2CCCCCCc3nc4ccc(Cl)cc4nc3O[C@@H]3C[C@@H](C(=O)N[C@]4(C(=O)NS(=O)(=O)C5CC5)C[C@H]4C(F)F)N(C3)C(=O)[C@H](C(C)(C)Cc3cc4nc5c(nc4cc3OC)O[C@@H]3C[C@@H](C(=O)N[C@]4(C(=O)NS(=O)(=O)C6(C)CC6)C[C@H]4CC(F)F)N(C3)C(=O)[C@H](C(C)(C)C)NC(=O)O[C@@H]3CC4C[C@@H]4[C@H]3CCCCC5(F)F)NC(=O)O[C@@H]2C1. The Morgan fingerprint density at radius 3 is 1.93 bits per heavy atom. The predicted octanol–water partition coefficient (Wildman–Crippen LogP) is 10.9. The van der Waals surface area contributed by atoms with Crippen LogP contribution < -0.4 is 44.9 Å². The lowest BCUT2D eigenvalue weighted by molar-refractivity contribution is -0.143. The summed E-state index contributed by atoms with van der Waals surface area (Å²) in [5, 5.41) is 9.98. The molecule has 1 unspecified atom stereocenters. The van der Waals surface area contributed by atoms with Gasteiger partial charge in [0.2, 0.25) is 68.3 Å². The van der Waals surface area contributed by atoms with E-state index < -0.39 is 242 Å². The van der Waals surface area contributed by atoms with E-state index in [1.807, 2.05) is 9.44 Å². The Balaban J connectivity index is 0.795. The number of methoxy groups -OCH3 is 1. The number of alkyl carbamates (subject to hydrolysis) is 2. The van der Waals surface area contributed by atoms with Gasteiger partial charge in [0.05, 0.1) is 58.2 Å². The monoisotopic (exact) mass is 1770 g/mol. The number of allylic oxidation sites excluding steroid dienone is 1. The van der Waals surface area contributed by atoms with E-state index in [0.29, 0.717) is 73.1 Å². The quantitative estimate of drug-likeness (QED) is 0.0375. The zero-order valence-corrected chi connectivity index (χ0v) is 71.6. The third kappa shape index (κ3) is 18.3. The Bertz CT molecular complexity index is 5060. The van der Waals surface area contributed by atoms with Crippen LogP contribution in [0.5, 0.6) is 17.5 Å². The van der Waals surface area contributed by atoms with Crippen molar-refractivity contribution in [2.24, 2.45) is 52.3 Å². The number of amides is 8. The molecule has 8 amide bonds. The van der Waals surface area contributed by atoms with E-state index in [1.54, 1.807) is 58.9 Å². The molecule has 11 aliphatic rings.